The molecule has 9 nitrogen and oxygen atoms in total. The maximum absolute atomic E-state index is 16.5. The second kappa shape index (κ2) is 13.7. The van der Waals surface area contributed by atoms with Gasteiger partial charge in [0.05, 0.1) is 22.9 Å². The molecule has 3 aliphatic rings. The van der Waals surface area contributed by atoms with Gasteiger partial charge in [-0.3, -0.25) is 9.69 Å². The topological polar surface area (TPSA) is 112 Å². The summed E-state index contributed by atoms with van der Waals surface area (Å²) in [6.07, 6.45) is -1.88. The Labute approximate surface area is 288 Å². The number of hydrogen-bond donors (Lipinski definition) is 1. The lowest BCUT2D eigenvalue weighted by molar-refractivity contribution is -0.137. The molecule has 3 saturated heterocycles. The van der Waals surface area contributed by atoms with Crippen LogP contribution in [0.4, 0.5) is 37.2 Å². The minimum absolute atomic E-state index is 0.0941. The molecule has 3 fully saturated rings. The van der Waals surface area contributed by atoms with Crippen LogP contribution in [0.5, 0.6) is 6.01 Å². The molecule has 0 saturated carbocycles. The predicted octanol–water partition coefficient (Wildman–Crippen LogP) is 6.91. The summed E-state index contributed by atoms with van der Waals surface area (Å²) in [4.78, 5) is 26.8. The molecular formula is C34H35F6N7O2S. The molecule has 3 unspecified atom stereocenters. The van der Waals surface area contributed by atoms with E-state index in [4.69, 9.17) is 10.5 Å². The number of nitrogens with two attached hydrogens (primary N) is 1. The van der Waals surface area contributed by atoms with Crippen LogP contribution in [-0.2, 0) is 11.0 Å². The number of anilines is 2. The molecule has 266 valence electrons. The van der Waals surface area contributed by atoms with E-state index in [-0.39, 0.29) is 55.9 Å². The number of alkyl halides is 4. The average Bonchev–Trinajstić information content (AvgIpc) is 3.85. The highest BCUT2D eigenvalue weighted by atomic mass is 32.1. The third-order valence-electron chi connectivity index (χ3n) is 9.68. The molecule has 2 aromatic heterocycles. The van der Waals surface area contributed by atoms with Crippen molar-refractivity contribution in [2.45, 2.75) is 64.0 Å². The number of carbonyl (C=O) groups excluding carboxylic acids is 1. The van der Waals surface area contributed by atoms with Crippen molar-refractivity contribution < 1.29 is 35.9 Å². The molecule has 7 rings (SSSR count). The number of rotatable bonds is 6. The minimum atomic E-state index is -5.09. The zero-order valence-electron chi connectivity index (χ0n) is 27.6. The highest BCUT2D eigenvalue weighted by Gasteiger charge is 2.41. The van der Waals surface area contributed by atoms with Gasteiger partial charge in [0, 0.05) is 48.6 Å². The van der Waals surface area contributed by atoms with Gasteiger partial charge >= 0.3 is 12.2 Å². The SMILES string of the molecule is CCN1CCC(N(CC)c2nc(OC)nc3c(F)c(-c4ccc(F)c5sc(N)c(C#N)c45)c(C(F)(F)F)cc23)C1=O.FC1CC2CCCN2C1. The molecule has 0 spiro atoms. The quantitative estimate of drug-likeness (QED) is 0.214. The first-order chi connectivity index (χ1) is 23.8. The van der Waals surface area contributed by atoms with Gasteiger partial charge in [0.15, 0.2) is 5.82 Å². The van der Waals surface area contributed by atoms with Crippen LogP contribution >= 0.6 is 11.3 Å². The number of amides is 1. The first-order valence-corrected chi connectivity index (χ1v) is 17.1. The van der Waals surface area contributed by atoms with Crippen LogP contribution < -0.4 is 15.4 Å². The Hall–Kier alpha value is -4.36. The summed E-state index contributed by atoms with van der Waals surface area (Å²) in [5, 5.41) is 9.03. The second-order valence-corrected chi connectivity index (χ2v) is 13.5. The standard InChI is InChI=1S/C27H23F5N6O2S.C7H12FN/c1-4-37-9-8-17(25(37)39)38(5-2)24-13-10-15(27(30,31)32)19(20(29)21(13)35-26(36-24)40-3)12-6-7-16(28)22-18(12)14(11-33)23(34)41-22;8-6-4-7-2-1-3-9(7)5-6/h6-7,10,17H,4-5,8-9,34H2,1-3H3;6-7H,1-5H2. The number of hydrogen-bond acceptors (Lipinski definition) is 9. The second-order valence-electron chi connectivity index (χ2n) is 12.4. The van der Waals surface area contributed by atoms with Gasteiger partial charge in [-0.1, -0.05) is 6.07 Å². The summed E-state index contributed by atoms with van der Waals surface area (Å²) < 4.78 is 92.8. The first kappa shape index (κ1) is 35.5. The zero-order valence-corrected chi connectivity index (χ0v) is 28.4. The number of carbonyl (C=O) groups is 1. The summed E-state index contributed by atoms with van der Waals surface area (Å²) in [5.74, 6) is -2.50. The van der Waals surface area contributed by atoms with Crippen LogP contribution in [0, 0.1) is 23.0 Å². The molecule has 3 atom stereocenters. The summed E-state index contributed by atoms with van der Waals surface area (Å²) in [7, 11) is 1.22. The Morgan fingerprint density at radius 3 is 2.56 bits per heavy atom. The largest absolute Gasteiger partial charge is 0.467 e. The molecule has 5 heterocycles. The van der Waals surface area contributed by atoms with Gasteiger partial charge in [0.25, 0.3) is 0 Å². The number of nitrogen functional groups attached to an aromatic ring is 1. The Balaban J connectivity index is 0.000000412. The number of nitriles is 1. The summed E-state index contributed by atoms with van der Waals surface area (Å²) in [6.45, 7) is 6.46. The monoisotopic (exact) mass is 719 g/mol. The maximum Gasteiger partial charge on any atom is 0.417 e. The predicted molar refractivity (Wildman–Crippen MR) is 179 cm³/mol. The van der Waals surface area contributed by atoms with Crippen molar-refractivity contribution in [2.75, 3.05) is 50.5 Å². The molecule has 3 aliphatic heterocycles. The molecule has 50 heavy (non-hydrogen) atoms. The molecule has 2 aromatic carbocycles. The summed E-state index contributed by atoms with van der Waals surface area (Å²) >= 11 is 0.682. The molecule has 4 aromatic rings. The van der Waals surface area contributed by atoms with Crippen LogP contribution in [0.25, 0.3) is 32.1 Å². The lowest BCUT2D eigenvalue weighted by Gasteiger charge is -2.29. The molecule has 16 heteroatoms. The van der Waals surface area contributed by atoms with Gasteiger partial charge in [0.1, 0.15) is 40.4 Å². The van der Waals surface area contributed by atoms with Gasteiger partial charge in [-0.05, 0) is 63.8 Å². The van der Waals surface area contributed by atoms with Crippen LogP contribution in [0.1, 0.15) is 50.7 Å². The van der Waals surface area contributed by atoms with Crippen molar-refractivity contribution in [3.63, 3.8) is 0 Å². The normalized spacial score (nSPS) is 20.7. The van der Waals surface area contributed by atoms with Crippen LogP contribution in [0.2, 0.25) is 0 Å². The van der Waals surface area contributed by atoms with Gasteiger partial charge in [-0.15, -0.1) is 11.3 Å². The molecule has 1 amide bonds. The van der Waals surface area contributed by atoms with Crippen molar-refractivity contribution in [1.82, 2.24) is 19.8 Å². The highest BCUT2D eigenvalue weighted by Crippen LogP contribution is 2.48. The Kier molecular flexibility index (Phi) is 9.75. The number of benzene rings is 2. The lowest BCUT2D eigenvalue weighted by atomic mass is 9.92. The zero-order chi connectivity index (χ0) is 36.1. The van der Waals surface area contributed by atoms with Crippen LogP contribution in [-0.4, -0.2) is 83.8 Å². The van der Waals surface area contributed by atoms with E-state index in [1.54, 1.807) is 17.9 Å². The number of thiophene rings is 1. The third kappa shape index (κ3) is 6.14. The van der Waals surface area contributed by atoms with E-state index in [0.29, 0.717) is 43.4 Å². The number of aromatic nitrogens is 2. The van der Waals surface area contributed by atoms with E-state index < -0.39 is 46.7 Å². The fourth-order valence-corrected chi connectivity index (χ4v) is 8.32. The van der Waals surface area contributed by atoms with E-state index in [9.17, 15) is 32.0 Å². The van der Waals surface area contributed by atoms with Gasteiger partial charge < -0.3 is 20.3 Å². The van der Waals surface area contributed by atoms with Crippen molar-refractivity contribution in [3.8, 4) is 23.2 Å². The average molecular weight is 720 g/mol. The molecular weight excluding hydrogens is 684 g/mol. The molecule has 0 radical (unpaired) electrons. The fourth-order valence-electron chi connectivity index (χ4n) is 7.37. The molecule has 0 bridgehead atoms. The number of likely N-dealkylation sites (tertiary alicyclic amines) is 1. The third-order valence-corrected chi connectivity index (χ3v) is 10.7. The van der Waals surface area contributed by atoms with Gasteiger partial charge in [-0.2, -0.15) is 28.4 Å². The number of nitrogens with zero attached hydrogens (tertiary/aromatic N) is 6. The van der Waals surface area contributed by atoms with E-state index in [2.05, 4.69) is 14.9 Å². The van der Waals surface area contributed by atoms with Crippen LogP contribution in [0.3, 0.4) is 0 Å². The number of halogens is 6. The number of likely N-dealkylation sites (N-methyl/N-ethyl adjacent to an activating group) is 2. The minimum Gasteiger partial charge on any atom is -0.467 e. The number of methoxy groups -OCH3 is 1. The smallest absolute Gasteiger partial charge is 0.417 e. The Morgan fingerprint density at radius 1 is 1.18 bits per heavy atom. The lowest BCUT2D eigenvalue weighted by Crippen LogP contribution is -2.42. The van der Waals surface area contributed by atoms with Crippen molar-refractivity contribution >= 4 is 49.1 Å². The van der Waals surface area contributed by atoms with Crippen molar-refractivity contribution in [3.05, 3.63) is 41.0 Å². The van der Waals surface area contributed by atoms with E-state index >= 15 is 4.39 Å². The van der Waals surface area contributed by atoms with Crippen molar-refractivity contribution in [1.29, 1.82) is 5.26 Å². The summed E-state index contributed by atoms with van der Waals surface area (Å²) in [6, 6.07) is 3.95. The van der Waals surface area contributed by atoms with Gasteiger partial charge in [0.2, 0.25) is 5.91 Å². The van der Waals surface area contributed by atoms with Gasteiger partial charge in [-0.25, -0.2) is 13.2 Å². The Bertz CT molecular complexity index is 1990. The van der Waals surface area contributed by atoms with E-state index in [0.717, 1.165) is 31.2 Å². The highest BCUT2D eigenvalue weighted by molar-refractivity contribution is 7.23. The van der Waals surface area contributed by atoms with E-state index in [1.807, 2.05) is 6.92 Å². The molecule has 0 aliphatic carbocycles. The van der Waals surface area contributed by atoms with E-state index in [1.165, 1.54) is 24.9 Å². The number of fused-ring (bicyclic) bond motifs is 3. The van der Waals surface area contributed by atoms with Crippen LogP contribution in [0.15, 0.2) is 18.2 Å². The summed E-state index contributed by atoms with van der Waals surface area (Å²) in [5.41, 5.74) is 2.44. The fraction of sp³-hybridized carbons (Fsp3) is 0.471. The first-order valence-electron chi connectivity index (χ1n) is 16.3. The molecule has 2 N–H and O–H groups in total. The van der Waals surface area contributed by atoms with Crippen molar-refractivity contribution in [2.24, 2.45) is 0 Å². The maximum atomic E-state index is 16.5. The Morgan fingerprint density at radius 2 is 1.94 bits per heavy atom. The number of ether oxygens (including phenoxy) is 1.